The fourth-order valence-corrected chi connectivity index (χ4v) is 9.73. The van der Waals surface area contributed by atoms with Crippen LogP contribution in [0.1, 0.15) is 0 Å². The molecule has 24 heavy (non-hydrogen) atoms. The van der Waals surface area contributed by atoms with Crippen LogP contribution in [0.5, 0.6) is 0 Å². The summed E-state index contributed by atoms with van der Waals surface area (Å²) in [6.45, 7) is 6.31. The fourth-order valence-electron chi connectivity index (χ4n) is 2.12. The van der Waals surface area contributed by atoms with E-state index in [-0.39, 0.29) is 6.23 Å². The predicted molar refractivity (Wildman–Crippen MR) is 107 cm³/mol. The Labute approximate surface area is 149 Å². The van der Waals surface area contributed by atoms with Gasteiger partial charge in [-0.3, -0.25) is 0 Å². The van der Waals surface area contributed by atoms with Crippen LogP contribution in [-0.2, 0) is 13.3 Å². The van der Waals surface area contributed by atoms with Crippen molar-refractivity contribution in [3.8, 4) is 0 Å². The van der Waals surface area contributed by atoms with Gasteiger partial charge in [-0.1, -0.05) is 59.2 Å². The highest BCUT2D eigenvalue weighted by atomic mass is 28.4. The zero-order valence-corrected chi connectivity index (χ0v) is 18.6. The normalized spacial score (nSPS) is 18.0. The number of aliphatic hydroxyl groups is 1. The van der Waals surface area contributed by atoms with Gasteiger partial charge in [-0.15, -0.1) is 0 Å². The van der Waals surface area contributed by atoms with Crippen molar-refractivity contribution >= 4 is 30.1 Å². The van der Waals surface area contributed by atoms with E-state index >= 15 is 0 Å². The second-order valence-corrected chi connectivity index (χ2v) is 17.1. The Morgan fingerprint density at radius 3 is 1.83 bits per heavy atom. The van der Waals surface area contributed by atoms with E-state index in [0.29, 0.717) is 0 Å². The first-order valence-electron chi connectivity index (χ1n) is 7.99. The Kier molecular flexibility index (Phi) is 8.00. The third-order valence-corrected chi connectivity index (χ3v) is 13.3. The Morgan fingerprint density at radius 2 is 1.38 bits per heavy atom. The minimum atomic E-state index is -2.28. The van der Waals surface area contributed by atoms with Crippen molar-refractivity contribution in [1.82, 2.24) is 0 Å². The summed E-state index contributed by atoms with van der Waals surface area (Å²) in [7, 11) is -1.48. The molecular weight excluding hydrogens is 352 g/mol. The van der Waals surface area contributed by atoms with E-state index in [4.69, 9.17) is 13.3 Å². The minimum Gasteiger partial charge on any atom is -0.414 e. The lowest BCUT2D eigenvalue weighted by molar-refractivity contribution is 0.264. The summed E-state index contributed by atoms with van der Waals surface area (Å²) < 4.78 is 16.7. The number of hydrogen-bond acceptors (Lipinski definition) is 4. The molecule has 0 spiro atoms. The Morgan fingerprint density at radius 1 is 0.833 bits per heavy atom. The standard InChI is InChI=1S/C17H30O4Si3/c1-19-23(5,16-18)14-12-22(4,17-10-8-7-9-11-17)13-15-24(6,20-2)21-3/h7-15,18H,16H2,1-6H3. The Bertz CT molecular complexity index is 524. The molecule has 2 atom stereocenters. The second-order valence-electron chi connectivity index (χ2n) is 6.41. The number of rotatable bonds is 9. The third-order valence-electron chi connectivity index (χ3n) is 4.50. The summed E-state index contributed by atoms with van der Waals surface area (Å²) in [5, 5.41) is 10.9. The van der Waals surface area contributed by atoms with Gasteiger partial charge in [0.15, 0.2) is 0 Å². The van der Waals surface area contributed by atoms with E-state index in [0.717, 1.165) is 0 Å². The predicted octanol–water partition coefficient (Wildman–Crippen LogP) is 2.36. The van der Waals surface area contributed by atoms with Gasteiger partial charge in [-0.2, -0.15) is 0 Å². The van der Waals surface area contributed by atoms with Crippen LogP contribution in [0.2, 0.25) is 19.6 Å². The maximum atomic E-state index is 9.64. The van der Waals surface area contributed by atoms with E-state index in [1.165, 1.54) is 5.19 Å². The fraction of sp³-hybridized carbons (Fsp3) is 0.412. The quantitative estimate of drug-likeness (QED) is 0.666. The van der Waals surface area contributed by atoms with Crippen LogP contribution >= 0.6 is 0 Å². The smallest absolute Gasteiger partial charge is 0.360 e. The molecule has 1 rings (SSSR count). The lowest BCUT2D eigenvalue weighted by Gasteiger charge is -2.26. The molecule has 4 nitrogen and oxygen atoms in total. The minimum absolute atomic E-state index is 0.0750. The van der Waals surface area contributed by atoms with Crippen LogP contribution in [0.4, 0.5) is 0 Å². The topological polar surface area (TPSA) is 47.9 Å². The maximum absolute atomic E-state index is 9.64. The van der Waals surface area contributed by atoms with Gasteiger partial charge in [-0.25, -0.2) is 0 Å². The summed E-state index contributed by atoms with van der Waals surface area (Å²) in [5.41, 5.74) is 8.74. The van der Waals surface area contributed by atoms with Gasteiger partial charge in [0.05, 0.1) is 6.23 Å². The zero-order valence-electron chi connectivity index (χ0n) is 15.6. The molecule has 0 saturated heterocycles. The number of benzene rings is 1. The molecule has 7 heteroatoms. The highest BCUT2D eigenvalue weighted by Gasteiger charge is 2.31. The Balaban J connectivity index is 3.28. The Hall–Kier alpha value is -0.809. The molecular formula is C17H30O4Si3. The highest BCUT2D eigenvalue weighted by Crippen LogP contribution is 2.15. The molecule has 0 radical (unpaired) electrons. The first-order chi connectivity index (χ1) is 11.3. The molecule has 0 aromatic heterocycles. The molecule has 0 amide bonds. The third kappa shape index (κ3) is 5.62. The summed E-state index contributed by atoms with van der Waals surface area (Å²) in [4.78, 5) is 0. The highest BCUT2D eigenvalue weighted by molar-refractivity contribution is 7.00. The van der Waals surface area contributed by atoms with Crippen molar-refractivity contribution in [3.05, 3.63) is 53.1 Å². The van der Waals surface area contributed by atoms with Crippen LogP contribution in [0.3, 0.4) is 0 Å². The average molecular weight is 383 g/mol. The molecule has 0 fully saturated rings. The van der Waals surface area contributed by atoms with Crippen LogP contribution in [0, 0.1) is 0 Å². The molecule has 1 aromatic carbocycles. The summed E-state index contributed by atoms with van der Waals surface area (Å²) in [6.07, 6.45) is 0.0750. The van der Waals surface area contributed by atoms with Gasteiger partial charge < -0.3 is 18.4 Å². The van der Waals surface area contributed by atoms with E-state index < -0.39 is 25.0 Å². The van der Waals surface area contributed by atoms with Gasteiger partial charge >= 0.3 is 8.56 Å². The second kappa shape index (κ2) is 9.05. The maximum Gasteiger partial charge on any atom is 0.360 e. The van der Waals surface area contributed by atoms with E-state index in [2.05, 4.69) is 53.6 Å². The van der Waals surface area contributed by atoms with Crippen molar-refractivity contribution in [2.24, 2.45) is 0 Å². The molecule has 0 aliphatic carbocycles. The lowest BCUT2D eigenvalue weighted by atomic mass is 10.4. The monoisotopic (exact) mass is 382 g/mol. The van der Waals surface area contributed by atoms with Crippen molar-refractivity contribution in [2.75, 3.05) is 27.6 Å². The molecule has 1 aromatic rings. The van der Waals surface area contributed by atoms with Crippen molar-refractivity contribution in [1.29, 1.82) is 0 Å². The molecule has 1 N–H and O–H groups in total. The SMILES string of the molecule is CO[Si](C)(C=C[Si](C)(C=C[Si](C)(OC)OC)c1ccccc1)CO. The average Bonchev–Trinajstić information content (AvgIpc) is 2.65. The van der Waals surface area contributed by atoms with Crippen LogP contribution in [-0.4, -0.2) is 57.6 Å². The molecule has 0 saturated carbocycles. The molecule has 134 valence electrons. The van der Waals surface area contributed by atoms with Crippen LogP contribution < -0.4 is 5.19 Å². The van der Waals surface area contributed by atoms with E-state index in [1.807, 2.05) is 19.2 Å². The van der Waals surface area contributed by atoms with Crippen molar-refractivity contribution in [2.45, 2.75) is 19.6 Å². The largest absolute Gasteiger partial charge is 0.414 e. The zero-order chi connectivity index (χ0) is 18.3. The van der Waals surface area contributed by atoms with Crippen molar-refractivity contribution < 1.29 is 18.4 Å². The first kappa shape index (κ1) is 21.2. The summed E-state index contributed by atoms with van der Waals surface area (Å²) in [5.74, 6) is 0. The number of aliphatic hydroxyl groups excluding tert-OH is 1. The van der Waals surface area contributed by atoms with Gasteiger partial charge in [0.2, 0.25) is 8.32 Å². The molecule has 0 aliphatic heterocycles. The molecule has 0 heterocycles. The first-order valence-corrected chi connectivity index (χ1v) is 15.7. The molecule has 0 bridgehead atoms. The summed E-state index contributed by atoms with van der Waals surface area (Å²) in [6, 6.07) is 10.5. The number of hydrogen-bond donors (Lipinski definition) is 1. The molecule has 2 unspecified atom stereocenters. The van der Waals surface area contributed by atoms with Crippen molar-refractivity contribution in [3.63, 3.8) is 0 Å². The molecule has 0 aliphatic rings. The van der Waals surface area contributed by atoms with Gasteiger partial charge in [0.25, 0.3) is 0 Å². The van der Waals surface area contributed by atoms with Gasteiger partial charge in [-0.05, 0) is 18.8 Å². The van der Waals surface area contributed by atoms with Crippen LogP contribution in [0.25, 0.3) is 0 Å². The van der Waals surface area contributed by atoms with E-state index in [9.17, 15) is 5.11 Å². The van der Waals surface area contributed by atoms with Crippen LogP contribution in [0.15, 0.2) is 53.1 Å². The lowest BCUT2D eigenvalue weighted by Crippen LogP contribution is -2.45. The van der Waals surface area contributed by atoms with Gasteiger partial charge in [0.1, 0.15) is 8.07 Å². The van der Waals surface area contributed by atoms with Gasteiger partial charge in [0, 0.05) is 21.3 Å². The summed E-state index contributed by atoms with van der Waals surface area (Å²) >= 11 is 0. The van der Waals surface area contributed by atoms with E-state index in [1.54, 1.807) is 21.3 Å².